The van der Waals surface area contributed by atoms with E-state index < -0.39 is 0 Å². The molecule has 0 saturated heterocycles. The van der Waals surface area contributed by atoms with Crippen LogP contribution >= 0.6 is 0 Å². The Kier molecular flexibility index (Phi) is 8.42. The number of nitrogens with zero attached hydrogens (tertiary/aromatic N) is 3. The average Bonchev–Trinajstić information content (AvgIpc) is 2.43. The van der Waals surface area contributed by atoms with Crippen molar-refractivity contribution in [2.24, 2.45) is 0 Å². The van der Waals surface area contributed by atoms with Crippen molar-refractivity contribution >= 4 is 5.95 Å². The van der Waals surface area contributed by atoms with Crippen molar-refractivity contribution in [2.75, 3.05) is 25.1 Å². The molecular weight excluding hydrogens is 256 g/mol. The molecule has 20 heavy (non-hydrogen) atoms. The Balaban J connectivity index is 2.46. The topological polar surface area (TPSA) is 69.2 Å². The van der Waals surface area contributed by atoms with Crippen molar-refractivity contribution in [3.05, 3.63) is 0 Å². The molecule has 6 nitrogen and oxygen atoms in total. The maximum atomic E-state index is 5.58. The van der Waals surface area contributed by atoms with Crippen LogP contribution in [0.4, 0.5) is 5.95 Å². The molecule has 0 aliphatic rings. The van der Waals surface area contributed by atoms with Gasteiger partial charge in [0.1, 0.15) is 0 Å². The lowest BCUT2D eigenvalue weighted by atomic mass is 10.2. The number of anilines is 1. The molecule has 0 saturated carbocycles. The Bertz CT molecular complexity index is 350. The van der Waals surface area contributed by atoms with E-state index in [1.807, 2.05) is 13.8 Å². The third kappa shape index (κ3) is 6.54. The summed E-state index contributed by atoms with van der Waals surface area (Å²) >= 11 is 0. The maximum absolute atomic E-state index is 5.58. The molecule has 0 fully saturated rings. The zero-order chi connectivity index (χ0) is 14.6. The molecule has 0 unspecified atom stereocenters. The molecule has 0 spiro atoms. The quantitative estimate of drug-likeness (QED) is 0.629. The fourth-order valence-corrected chi connectivity index (χ4v) is 1.70. The molecule has 0 bridgehead atoms. The first-order valence-electron chi connectivity index (χ1n) is 7.55. The molecule has 6 heteroatoms. The molecule has 1 aromatic heterocycles. The van der Waals surface area contributed by atoms with E-state index in [2.05, 4.69) is 27.2 Å². The highest BCUT2D eigenvalue weighted by Gasteiger charge is 2.07. The molecule has 114 valence electrons. The van der Waals surface area contributed by atoms with Crippen LogP contribution in [0.5, 0.6) is 12.0 Å². The second-order valence-corrected chi connectivity index (χ2v) is 4.45. The molecule has 0 amide bonds. The highest BCUT2D eigenvalue weighted by molar-refractivity contribution is 5.27. The van der Waals surface area contributed by atoms with Crippen LogP contribution in [0.3, 0.4) is 0 Å². The standard InChI is InChI=1S/C14H26N4O2/c1-4-7-8-9-10-11-20-14-17-12(15-5-2)16-13(18-14)19-6-3/h4-11H2,1-3H3,(H,15,16,17,18). The summed E-state index contributed by atoms with van der Waals surface area (Å²) in [5, 5.41) is 3.04. The molecule has 1 heterocycles. The van der Waals surface area contributed by atoms with Gasteiger partial charge in [-0.25, -0.2) is 0 Å². The van der Waals surface area contributed by atoms with Gasteiger partial charge in [-0.2, -0.15) is 9.97 Å². The first-order chi connectivity index (χ1) is 9.80. The van der Waals surface area contributed by atoms with Gasteiger partial charge < -0.3 is 14.8 Å². The van der Waals surface area contributed by atoms with Crippen molar-refractivity contribution in [3.8, 4) is 12.0 Å². The van der Waals surface area contributed by atoms with Gasteiger partial charge in [0.2, 0.25) is 5.95 Å². The average molecular weight is 282 g/mol. The summed E-state index contributed by atoms with van der Waals surface area (Å²) in [6.45, 7) is 7.98. The van der Waals surface area contributed by atoms with Gasteiger partial charge in [-0.1, -0.05) is 32.6 Å². The van der Waals surface area contributed by atoms with Crippen LogP contribution in [-0.4, -0.2) is 34.7 Å². The van der Waals surface area contributed by atoms with Crippen molar-refractivity contribution in [1.82, 2.24) is 15.0 Å². The molecule has 1 rings (SSSR count). The van der Waals surface area contributed by atoms with Crippen molar-refractivity contribution in [3.63, 3.8) is 0 Å². The summed E-state index contributed by atoms with van der Waals surface area (Å²) < 4.78 is 10.9. The highest BCUT2D eigenvalue weighted by atomic mass is 16.5. The SMILES string of the molecule is CCCCCCCOc1nc(NCC)nc(OCC)n1. The zero-order valence-electron chi connectivity index (χ0n) is 12.8. The summed E-state index contributed by atoms with van der Waals surface area (Å²) in [6.07, 6.45) is 5.98. The van der Waals surface area contributed by atoms with Gasteiger partial charge in [0.15, 0.2) is 0 Å². The molecule has 0 radical (unpaired) electrons. The minimum absolute atomic E-state index is 0.305. The van der Waals surface area contributed by atoms with Crippen molar-refractivity contribution < 1.29 is 9.47 Å². The van der Waals surface area contributed by atoms with Gasteiger partial charge >= 0.3 is 12.0 Å². The third-order valence-electron chi connectivity index (χ3n) is 2.68. The number of aromatic nitrogens is 3. The predicted molar refractivity (Wildman–Crippen MR) is 79.4 cm³/mol. The van der Waals surface area contributed by atoms with E-state index in [0.717, 1.165) is 13.0 Å². The molecule has 0 aromatic carbocycles. The highest BCUT2D eigenvalue weighted by Crippen LogP contribution is 2.13. The Morgan fingerprint density at radius 2 is 1.55 bits per heavy atom. The monoisotopic (exact) mass is 282 g/mol. The predicted octanol–water partition coefficient (Wildman–Crippen LogP) is 3.05. The second-order valence-electron chi connectivity index (χ2n) is 4.45. The summed E-state index contributed by atoms with van der Waals surface area (Å²) in [5.41, 5.74) is 0. The number of hydrogen-bond donors (Lipinski definition) is 1. The van der Waals surface area contributed by atoms with Gasteiger partial charge in [0.05, 0.1) is 13.2 Å². The molecule has 0 aliphatic carbocycles. The number of unbranched alkanes of at least 4 members (excludes halogenated alkanes) is 4. The van der Waals surface area contributed by atoms with E-state index in [4.69, 9.17) is 9.47 Å². The molecule has 1 N–H and O–H groups in total. The van der Waals surface area contributed by atoms with Gasteiger partial charge in [-0.15, -0.1) is 4.98 Å². The summed E-state index contributed by atoms with van der Waals surface area (Å²) in [4.78, 5) is 12.5. The van der Waals surface area contributed by atoms with Crippen molar-refractivity contribution in [2.45, 2.75) is 52.9 Å². The lowest BCUT2D eigenvalue weighted by Crippen LogP contribution is -2.09. The van der Waals surface area contributed by atoms with E-state index in [-0.39, 0.29) is 0 Å². The molecule has 0 aliphatic heterocycles. The Morgan fingerprint density at radius 3 is 2.20 bits per heavy atom. The van der Waals surface area contributed by atoms with Gasteiger partial charge in [0, 0.05) is 6.54 Å². The number of rotatable bonds is 11. The van der Waals surface area contributed by atoms with Crippen LogP contribution in [0.1, 0.15) is 52.9 Å². The van der Waals surface area contributed by atoms with Crippen LogP contribution in [0.2, 0.25) is 0 Å². The van der Waals surface area contributed by atoms with E-state index >= 15 is 0 Å². The maximum Gasteiger partial charge on any atom is 0.324 e. The number of ether oxygens (including phenoxy) is 2. The van der Waals surface area contributed by atoms with Crippen LogP contribution in [0.15, 0.2) is 0 Å². The normalized spacial score (nSPS) is 10.3. The third-order valence-corrected chi connectivity index (χ3v) is 2.68. The minimum atomic E-state index is 0.305. The molecular formula is C14H26N4O2. The van der Waals surface area contributed by atoms with E-state index in [0.29, 0.717) is 31.2 Å². The van der Waals surface area contributed by atoms with Gasteiger partial charge in [0.25, 0.3) is 0 Å². The van der Waals surface area contributed by atoms with Gasteiger partial charge in [-0.05, 0) is 20.3 Å². The smallest absolute Gasteiger partial charge is 0.324 e. The Hall–Kier alpha value is -1.59. The number of nitrogens with one attached hydrogen (secondary N) is 1. The first-order valence-corrected chi connectivity index (χ1v) is 7.55. The van der Waals surface area contributed by atoms with E-state index in [9.17, 15) is 0 Å². The second kappa shape index (κ2) is 10.2. The molecule has 0 atom stereocenters. The lowest BCUT2D eigenvalue weighted by molar-refractivity contribution is 0.263. The summed E-state index contributed by atoms with van der Waals surface area (Å²) in [7, 11) is 0. The van der Waals surface area contributed by atoms with Crippen LogP contribution in [-0.2, 0) is 0 Å². The molecule has 1 aromatic rings. The van der Waals surface area contributed by atoms with Crippen LogP contribution < -0.4 is 14.8 Å². The summed E-state index contributed by atoms with van der Waals surface area (Å²) in [5.74, 6) is 0.493. The summed E-state index contributed by atoms with van der Waals surface area (Å²) in [6, 6.07) is 0.634. The van der Waals surface area contributed by atoms with Crippen LogP contribution in [0, 0.1) is 0 Å². The largest absolute Gasteiger partial charge is 0.464 e. The Morgan fingerprint density at radius 1 is 0.850 bits per heavy atom. The van der Waals surface area contributed by atoms with Gasteiger partial charge in [-0.3, -0.25) is 0 Å². The van der Waals surface area contributed by atoms with Crippen molar-refractivity contribution in [1.29, 1.82) is 0 Å². The van der Waals surface area contributed by atoms with E-state index in [1.54, 1.807) is 0 Å². The Labute approximate surface area is 121 Å². The van der Waals surface area contributed by atoms with E-state index in [1.165, 1.54) is 25.7 Å². The minimum Gasteiger partial charge on any atom is -0.464 e. The zero-order valence-corrected chi connectivity index (χ0v) is 12.8. The lowest BCUT2D eigenvalue weighted by Gasteiger charge is -2.08. The van der Waals surface area contributed by atoms with Crippen LogP contribution in [0.25, 0.3) is 0 Å². The number of hydrogen-bond acceptors (Lipinski definition) is 6. The fraction of sp³-hybridized carbons (Fsp3) is 0.786. The fourth-order valence-electron chi connectivity index (χ4n) is 1.70. The first kappa shape index (κ1) is 16.5.